The first-order valence-corrected chi connectivity index (χ1v) is 7.02. The fraction of sp³-hybridized carbons (Fsp3) is 0.500. The Hall–Kier alpha value is -1.28. The molecule has 0 saturated carbocycles. The van der Waals surface area contributed by atoms with Crippen molar-refractivity contribution < 1.29 is 0 Å². The molecule has 96 valence electrons. The molecule has 0 radical (unpaired) electrons. The molecule has 1 aliphatic heterocycles. The summed E-state index contributed by atoms with van der Waals surface area (Å²) >= 11 is 0. The molecular formula is C16H22N2. The third kappa shape index (κ3) is 2.05. The maximum absolute atomic E-state index is 3.65. The smallest absolute Gasteiger partial charge is 0.0510 e. The van der Waals surface area contributed by atoms with Gasteiger partial charge in [-0.1, -0.05) is 24.6 Å². The van der Waals surface area contributed by atoms with E-state index in [1.165, 1.54) is 54.3 Å². The number of hydrogen-bond donors (Lipinski definition) is 1. The van der Waals surface area contributed by atoms with E-state index in [0.29, 0.717) is 6.04 Å². The minimum Gasteiger partial charge on any atom is -0.350 e. The Balaban J connectivity index is 1.94. The summed E-state index contributed by atoms with van der Waals surface area (Å²) < 4.78 is 2.28. The lowest BCUT2D eigenvalue weighted by molar-refractivity contribution is 0.400. The van der Waals surface area contributed by atoms with Gasteiger partial charge in [-0.3, -0.25) is 0 Å². The third-order valence-corrected chi connectivity index (χ3v) is 4.16. The lowest BCUT2D eigenvalue weighted by atomic mass is 9.97. The van der Waals surface area contributed by atoms with Crippen LogP contribution in [0.5, 0.6) is 0 Å². The Morgan fingerprint density at radius 2 is 2.22 bits per heavy atom. The number of piperidine rings is 1. The molecule has 2 aromatic rings. The summed E-state index contributed by atoms with van der Waals surface area (Å²) in [6, 6.07) is 7.31. The highest BCUT2D eigenvalue weighted by Crippen LogP contribution is 2.25. The first-order chi connectivity index (χ1) is 8.75. The number of benzene rings is 1. The van der Waals surface area contributed by atoms with Crippen LogP contribution < -0.4 is 5.32 Å². The summed E-state index contributed by atoms with van der Waals surface area (Å²) in [5, 5.41) is 5.08. The van der Waals surface area contributed by atoms with E-state index < -0.39 is 0 Å². The van der Waals surface area contributed by atoms with Gasteiger partial charge in [0.05, 0.1) is 5.52 Å². The largest absolute Gasteiger partial charge is 0.350 e. The Morgan fingerprint density at radius 3 is 3.00 bits per heavy atom. The zero-order chi connectivity index (χ0) is 12.5. The molecule has 1 unspecified atom stereocenters. The highest BCUT2D eigenvalue weighted by atomic mass is 14.9. The van der Waals surface area contributed by atoms with E-state index in [1.54, 1.807) is 0 Å². The summed E-state index contributed by atoms with van der Waals surface area (Å²) in [5.41, 5.74) is 4.26. The van der Waals surface area contributed by atoms with Crippen molar-refractivity contribution in [2.45, 2.75) is 38.6 Å². The molecule has 2 heterocycles. The van der Waals surface area contributed by atoms with Crippen LogP contribution in [0.1, 0.15) is 30.4 Å². The molecule has 1 fully saturated rings. The molecule has 1 N–H and O–H groups in total. The van der Waals surface area contributed by atoms with Crippen LogP contribution in [-0.2, 0) is 13.5 Å². The Bertz CT molecular complexity index is 547. The molecule has 1 atom stereocenters. The number of nitrogens with one attached hydrogen (secondary N) is 1. The molecule has 2 heteroatoms. The Morgan fingerprint density at radius 1 is 1.33 bits per heavy atom. The fourth-order valence-electron chi connectivity index (χ4n) is 3.28. The molecule has 2 nitrogen and oxygen atoms in total. The van der Waals surface area contributed by atoms with Crippen molar-refractivity contribution >= 4 is 10.9 Å². The highest BCUT2D eigenvalue weighted by molar-refractivity contribution is 5.86. The molecule has 0 aliphatic carbocycles. The lowest BCUT2D eigenvalue weighted by Gasteiger charge is -2.23. The molecule has 1 aromatic heterocycles. The van der Waals surface area contributed by atoms with Gasteiger partial charge in [-0.05, 0) is 43.9 Å². The van der Waals surface area contributed by atoms with E-state index in [0.717, 1.165) is 0 Å². The molecular weight excluding hydrogens is 220 g/mol. The van der Waals surface area contributed by atoms with Crippen molar-refractivity contribution in [3.63, 3.8) is 0 Å². The predicted molar refractivity (Wildman–Crippen MR) is 77.0 cm³/mol. The molecule has 1 aliphatic rings. The quantitative estimate of drug-likeness (QED) is 0.856. The molecule has 0 amide bonds. The van der Waals surface area contributed by atoms with Gasteiger partial charge in [-0.25, -0.2) is 0 Å². The number of hydrogen-bond acceptors (Lipinski definition) is 1. The molecule has 1 saturated heterocycles. The average Bonchev–Trinajstić information content (AvgIpc) is 2.69. The molecule has 0 spiro atoms. The first kappa shape index (κ1) is 11.8. The van der Waals surface area contributed by atoms with Crippen LogP contribution in [0.3, 0.4) is 0 Å². The number of fused-ring (bicyclic) bond motifs is 1. The van der Waals surface area contributed by atoms with Crippen LogP contribution >= 0.6 is 0 Å². The van der Waals surface area contributed by atoms with Crippen molar-refractivity contribution in [2.75, 3.05) is 6.54 Å². The van der Waals surface area contributed by atoms with Crippen LogP contribution in [0, 0.1) is 6.92 Å². The summed E-state index contributed by atoms with van der Waals surface area (Å²) in [7, 11) is 2.16. The SMILES string of the molecule is Cc1cccc2c(CC3CCCCN3)cn(C)c12. The standard InChI is InChI=1S/C16H22N2/c1-12-6-5-8-15-13(11-18(2)16(12)15)10-14-7-3-4-9-17-14/h5-6,8,11,14,17H,3-4,7,9-10H2,1-2H3. The van der Waals surface area contributed by atoms with E-state index in [4.69, 9.17) is 0 Å². The van der Waals surface area contributed by atoms with Crippen molar-refractivity contribution in [1.82, 2.24) is 9.88 Å². The van der Waals surface area contributed by atoms with Gasteiger partial charge in [0.25, 0.3) is 0 Å². The van der Waals surface area contributed by atoms with E-state index in [2.05, 4.69) is 48.3 Å². The summed E-state index contributed by atoms with van der Waals surface area (Å²) in [6.07, 6.45) is 7.52. The Labute approximate surface area is 109 Å². The van der Waals surface area contributed by atoms with Gasteiger partial charge in [0, 0.05) is 24.7 Å². The van der Waals surface area contributed by atoms with Gasteiger partial charge in [0.15, 0.2) is 0 Å². The molecule has 0 bridgehead atoms. The number of nitrogens with zero attached hydrogens (tertiary/aromatic N) is 1. The zero-order valence-corrected chi connectivity index (χ0v) is 11.4. The second kappa shape index (κ2) is 4.77. The van der Waals surface area contributed by atoms with Gasteiger partial charge in [-0.15, -0.1) is 0 Å². The summed E-state index contributed by atoms with van der Waals surface area (Å²) in [5.74, 6) is 0. The lowest BCUT2D eigenvalue weighted by Crippen LogP contribution is -2.35. The van der Waals surface area contributed by atoms with Gasteiger partial charge >= 0.3 is 0 Å². The molecule has 18 heavy (non-hydrogen) atoms. The maximum atomic E-state index is 3.65. The third-order valence-electron chi connectivity index (χ3n) is 4.16. The number of aryl methyl sites for hydroxylation is 2. The molecule has 3 rings (SSSR count). The minimum absolute atomic E-state index is 0.671. The first-order valence-electron chi connectivity index (χ1n) is 7.02. The van der Waals surface area contributed by atoms with E-state index in [1.807, 2.05) is 0 Å². The summed E-state index contributed by atoms with van der Waals surface area (Å²) in [4.78, 5) is 0. The Kier molecular flexibility index (Phi) is 3.13. The van der Waals surface area contributed by atoms with Gasteiger partial charge < -0.3 is 9.88 Å². The van der Waals surface area contributed by atoms with Gasteiger partial charge in [-0.2, -0.15) is 0 Å². The minimum atomic E-state index is 0.671. The van der Waals surface area contributed by atoms with E-state index in [-0.39, 0.29) is 0 Å². The topological polar surface area (TPSA) is 17.0 Å². The number of para-hydroxylation sites is 1. The van der Waals surface area contributed by atoms with Crippen LogP contribution in [0.2, 0.25) is 0 Å². The molecule has 1 aromatic carbocycles. The van der Waals surface area contributed by atoms with Crippen LogP contribution in [0.25, 0.3) is 10.9 Å². The second-order valence-corrected chi connectivity index (χ2v) is 5.59. The van der Waals surface area contributed by atoms with Crippen LogP contribution in [0.4, 0.5) is 0 Å². The van der Waals surface area contributed by atoms with Crippen molar-refractivity contribution in [2.24, 2.45) is 7.05 Å². The van der Waals surface area contributed by atoms with E-state index in [9.17, 15) is 0 Å². The number of aromatic nitrogens is 1. The highest BCUT2D eigenvalue weighted by Gasteiger charge is 2.16. The number of rotatable bonds is 2. The second-order valence-electron chi connectivity index (χ2n) is 5.59. The monoisotopic (exact) mass is 242 g/mol. The van der Waals surface area contributed by atoms with Crippen LogP contribution in [0.15, 0.2) is 24.4 Å². The normalized spacial score (nSPS) is 20.4. The predicted octanol–water partition coefficient (Wildman–Crippen LogP) is 3.17. The fourth-order valence-corrected chi connectivity index (χ4v) is 3.28. The van der Waals surface area contributed by atoms with Crippen molar-refractivity contribution in [3.8, 4) is 0 Å². The van der Waals surface area contributed by atoms with E-state index >= 15 is 0 Å². The zero-order valence-electron chi connectivity index (χ0n) is 11.4. The van der Waals surface area contributed by atoms with Crippen LogP contribution in [-0.4, -0.2) is 17.2 Å². The van der Waals surface area contributed by atoms with Gasteiger partial charge in [0.2, 0.25) is 0 Å². The van der Waals surface area contributed by atoms with Gasteiger partial charge in [0.1, 0.15) is 0 Å². The maximum Gasteiger partial charge on any atom is 0.0510 e. The van der Waals surface area contributed by atoms with Crippen molar-refractivity contribution in [3.05, 3.63) is 35.5 Å². The summed E-state index contributed by atoms with van der Waals surface area (Å²) in [6.45, 7) is 3.39. The average molecular weight is 242 g/mol. The van der Waals surface area contributed by atoms with Crippen molar-refractivity contribution in [1.29, 1.82) is 0 Å².